The molecule has 0 aromatic heterocycles. The summed E-state index contributed by atoms with van der Waals surface area (Å²) in [7, 11) is 0. The lowest BCUT2D eigenvalue weighted by Gasteiger charge is -2.38. The van der Waals surface area contributed by atoms with E-state index in [4.69, 9.17) is 5.73 Å². The van der Waals surface area contributed by atoms with Gasteiger partial charge in [-0.15, -0.1) is 0 Å². The minimum Gasteiger partial charge on any atom is -0.389 e. The zero-order valence-corrected chi connectivity index (χ0v) is 12.4. The van der Waals surface area contributed by atoms with Crippen LogP contribution in [0.3, 0.4) is 0 Å². The Balaban J connectivity index is 2.47. The number of rotatable bonds is 2. The summed E-state index contributed by atoms with van der Waals surface area (Å²) in [5.74, 6) is 0.630. The number of hydrogen-bond donors (Lipinski definition) is 2. The van der Waals surface area contributed by atoms with E-state index in [0.29, 0.717) is 12.5 Å². The van der Waals surface area contributed by atoms with Gasteiger partial charge < -0.3 is 15.7 Å². The predicted molar refractivity (Wildman–Crippen MR) is 75.7 cm³/mol. The summed E-state index contributed by atoms with van der Waals surface area (Å²) in [5.41, 5.74) is 5.25. The Morgan fingerprint density at radius 1 is 1.11 bits per heavy atom. The van der Waals surface area contributed by atoms with Crippen molar-refractivity contribution in [3.63, 3.8) is 0 Å². The fraction of sp³-hybridized carbons (Fsp3) is 0.923. The first-order valence-corrected chi connectivity index (χ1v) is 6.62. The van der Waals surface area contributed by atoms with Crippen molar-refractivity contribution in [3.8, 4) is 0 Å². The number of aliphatic imine (C=N–C) groups is 1. The van der Waals surface area contributed by atoms with Gasteiger partial charge in [0.1, 0.15) is 0 Å². The van der Waals surface area contributed by atoms with E-state index >= 15 is 0 Å². The summed E-state index contributed by atoms with van der Waals surface area (Å²) in [6.45, 7) is 14.1. The van der Waals surface area contributed by atoms with Crippen LogP contribution in [0.15, 0.2) is 4.99 Å². The van der Waals surface area contributed by atoms with E-state index in [1.54, 1.807) is 0 Å². The van der Waals surface area contributed by atoms with Crippen LogP contribution in [0.2, 0.25) is 0 Å². The molecule has 0 aromatic carbocycles. The van der Waals surface area contributed by atoms with Gasteiger partial charge in [0.15, 0.2) is 5.96 Å². The van der Waals surface area contributed by atoms with E-state index in [-0.39, 0.29) is 5.54 Å². The predicted octanol–water partition coefficient (Wildman–Crippen LogP) is 0.488. The summed E-state index contributed by atoms with van der Waals surface area (Å²) in [6, 6.07) is 0. The zero-order valence-electron chi connectivity index (χ0n) is 12.4. The van der Waals surface area contributed by atoms with Crippen molar-refractivity contribution in [1.29, 1.82) is 0 Å². The Kier molecular flexibility index (Phi) is 4.61. The van der Waals surface area contributed by atoms with Crippen molar-refractivity contribution in [2.24, 2.45) is 10.7 Å². The van der Waals surface area contributed by atoms with E-state index in [1.165, 1.54) is 0 Å². The summed E-state index contributed by atoms with van der Waals surface area (Å²) in [5, 5.41) is 9.79. The molecule has 0 saturated carbocycles. The molecule has 1 aliphatic rings. The Morgan fingerprint density at radius 3 is 2.00 bits per heavy atom. The molecule has 1 rings (SSSR count). The van der Waals surface area contributed by atoms with Crippen LogP contribution < -0.4 is 5.73 Å². The first-order chi connectivity index (χ1) is 8.07. The molecule has 1 aliphatic heterocycles. The minimum atomic E-state index is -0.632. The summed E-state index contributed by atoms with van der Waals surface area (Å²) >= 11 is 0. The standard InChI is InChI=1S/C13H28N4O/c1-12(2,3)15-11(14)17-8-6-16(7-9-17)10-13(4,5)18/h18H,6-10H2,1-5H3,(H2,14,15). The van der Waals surface area contributed by atoms with E-state index in [9.17, 15) is 5.11 Å². The van der Waals surface area contributed by atoms with Gasteiger partial charge in [0.2, 0.25) is 0 Å². The highest BCUT2D eigenvalue weighted by Gasteiger charge is 2.24. The average Bonchev–Trinajstić information content (AvgIpc) is 2.13. The Bertz CT molecular complexity index is 293. The van der Waals surface area contributed by atoms with Gasteiger partial charge in [-0.05, 0) is 34.6 Å². The van der Waals surface area contributed by atoms with Crippen LogP contribution in [0.25, 0.3) is 0 Å². The fourth-order valence-corrected chi connectivity index (χ4v) is 2.10. The highest BCUT2D eigenvalue weighted by molar-refractivity contribution is 5.78. The van der Waals surface area contributed by atoms with Gasteiger partial charge in [-0.25, -0.2) is 4.99 Å². The molecule has 1 fully saturated rings. The van der Waals surface area contributed by atoms with Gasteiger partial charge in [0, 0.05) is 32.7 Å². The molecule has 106 valence electrons. The van der Waals surface area contributed by atoms with Crippen LogP contribution in [0.4, 0.5) is 0 Å². The van der Waals surface area contributed by atoms with Crippen molar-refractivity contribution in [2.45, 2.75) is 45.8 Å². The van der Waals surface area contributed by atoms with Gasteiger partial charge >= 0.3 is 0 Å². The van der Waals surface area contributed by atoms with Gasteiger partial charge in [-0.3, -0.25) is 4.90 Å². The van der Waals surface area contributed by atoms with Crippen molar-refractivity contribution in [1.82, 2.24) is 9.80 Å². The van der Waals surface area contributed by atoms with Crippen LogP contribution in [0.5, 0.6) is 0 Å². The summed E-state index contributed by atoms with van der Waals surface area (Å²) in [4.78, 5) is 8.87. The third-order valence-electron chi connectivity index (χ3n) is 2.76. The van der Waals surface area contributed by atoms with Crippen molar-refractivity contribution in [3.05, 3.63) is 0 Å². The molecule has 0 radical (unpaired) electrons. The molecule has 0 unspecified atom stereocenters. The first kappa shape index (κ1) is 15.2. The number of nitrogens with two attached hydrogens (primary N) is 1. The molecule has 0 amide bonds. The van der Waals surface area contributed by atoms with Gasteiger partial charge in [-0.2, -0.15) is 0 Å². The van der Waals surface area contributed by atoms with Crippen LogP contribution >= 0.6 is 0 Å². The van der Waals surface area contributed by atoms with Crippen LogP contribution in [0.1, 0.15) is 34.6 Å². The molecule has 0 aliphatic carbocycles. The van der Waals surface area contributed by atoms with Crippen molar-refractivity contribution in [2.75, 3.05) is 32.7 Å². The second-order valence-corrected chi connectivity index (χ2v) is 6.72. The monoisotopic (exact) mass is 256 g/mol. The summed E-state index contributed by atoms with van der Waals surface area (Å²) < 4.78 is 0. The number of nitrogens with zero attached hydrogens (tertiary/aromatic N) is 3. The van der Waals surface area contributed by atoms with E-state index < -0.39 is 5.60 Å². The van der Waals surface area contributed by atoms with E-state index in [1.807, 2.05) is 34.6 Å². The second-order valence-electron chi connectivity index (χ2n) is 6.72. The van der Waals surface area contributed by atoms with Gasteiger partial charge in [-0.1, -0.05) is 0 Å². The molecule has 18 heavy (non-hydrogen) atoms. The van der Waals surface area contributed by atoms with E-state index in [0.717, 1.165) is 26.2 Å². The number of hydrogen-bond acceptors (Lipinski definition) is 3. The molecule has 0 bridgehead atoms. The van der Waals surface area contributed by atoms with Crippen molar-refractivity contribution < 1.29 is 5.11 Å². The summed E-state index contributed by atoms with van der Waals surface area (Å²) in [6.07, 6.45) is 0. The third kappa shape index (κ3) is 5.69. The maximum atomic E-state index is 9.79. The van der Waals surface area contributed by atoms with E-state index in [2.05, 4.69) is 14.8 Å². The van der Waals surface area contributed by atoms with Crippen LogP contribution in [-0.2, 0) is 0 Å². The average molecular weight is 256 g/mol. The molecule has 5 nitrogen and oxygen atoms in total. The molecule has 0 aromatic rings. The Morgan fingerprint density at radius 2 is 1.61 bits per heavy atom. The Hall–Kier alpha value is -0.810. The second kappa shape index (κ2) is 5.45. The molecule has 3 N–H and O–H groups in total. The molecular weight excluding hydrogens is 228 g/mol. The van der Waals surface area contributed by atoms with Crippen LogP contribution in [0, 0.1) is 0 Å². The number of aliphatic hydroxyl groups is 1. The minimum absolute atomic E-state index is 0.131. The lowest BCUT2D eigenvalue weighted by Crippen LogP contribution is -2.54. The lowest BCUT2D eigenvalue weighted by molar-refractivity contribution is 0.0250. The Labute approximate surface area is 111 Å². The first-order valence-electron chi connectivity index (χ1n) is 6.62. The maximum absolute atomic E-state index is 9.79. The van der Waals surface area contributed by atoms with Crippen molar-refractivity contribution >= 4 is 5.96 Å². The number of β-amino-alcohol motifs (C(OH)–C–C–N with tert-alkyl or cyclic N) is 1. The molecular formula is C13H28N4O. The SMILES string of the molecule is CC(C)(O)CN1CCN(C(N)=NC(C)(C)C)CC1. The molecule has 1 saturated heterocycles. The molecule has 5 heteroatoms. The maximum Gasteiger partial charge on any atom is 0.191 e. The van der Waals surface area contributed by atoms with Crippen LogP contribution in [-0.4, -0.2) is 64.7 Å². The molecule has 0 atom stereocenters. The lowest BCUT2D eigenvalue weighted by atomic mass is 10.1. The largest absolute Gasteiger partial charge is 0.389 e. The number of piperazine rings is 1. The fourth-order valence-electron chi connectivity index (χ4n) is 2.10. The topological polar surface area (TPSA) is 65.1 Å². The van der Waals surface area contributed by atoms with Gasteiger partial charge in [0.25, 0.3) is 0 Å². The smallest absolute Gasteiger partial charge is 0.191 e. The van der Waals surface area contributed by atoms with Gasteiger partial charge in [0.05, 0.1) is 11.1 Å². The third-order valence-corrected chi connectivity index (χ3v) is 2.76. The number of guanidine groups is 1. The molecule has 0 spiro atoms. The quantitative estimate of drug-likeness (QED) is 0.557. The zero-order chi connectivity index (χ0) is 14.0. The highest BCUT2D eigenvalue weighted by Crippen LogP contribution is 2.10. The highest BCUT2D eigenvalue weighted by atomic mass is 16.3. The molecule has 1 heterocycles. The normalized spacial score (nSPS) is 20.3.